The monoisotopic (exact) mass is 165 g/mol. The van der Waals surface area contributed by atoms with Gasteiger partial charge >= 0.3 is 0 Å². The number of hydrogen-bond donors (Lipinski definition) is 0. The molecule has 0 fully saturated rings. The number of hydrogen-bond acceptors (Lipinski definition) is 3. The summed E-state index contributed by atoms with van der Waals surface area (Å²) >= 11 is -2.13. The van der Waals surface area contributed by atoms with E-state index in [9.17, 15) is 8.76 Å². The average Bonchev–Trinajstić information content (AvgIpc) is 1.90. The lowest BCUT2D eigenvalue weighted by Gasteiger charge is -2.30. The number of hydrazine groups is 1. The predicted molar refractivity (Wildman–Crippen MR) is 39.6 cm³/mol. The second-order valence-corrected chi connectivity index (χ2v) is 2.78. The van der Waals surface area contributed by atoms with Crippen LogP contribution in [-0.4, -0.2) is 38.3 Å². The van der Waals surface area contributed by atoms with E-state index in [0.29, 0.717) is 13.1 Å². The Hall–Kier alpha value is 0.0300. The summed E-state index contributed by atoms with van der Waals surface area (Å²) in [4.78, 5) is 0. The minimum Gasteiger partial charge on any atom is -0.759 e. The van der Waals surface area contributed by atoms with Crippen molar-refractivity contribution >= 4 is 11.3 Å². The second-order valence-electron chi connectivity index (χ2n) is 1.82. The molecule has 0 N–H and O–H groups in total. The highest BCUT2D eigenvalue weighted by molar-refractivity contribution is 7.76. The molecule has 62 valence electrons. The van der Waals surface area contributed by atoms with Gasteiger partial charge in [-0.05, 0) is 0 Å². The third-order valence-electron chi connectivity index (χ3n) is 1.34. The Morgan fingerprint density at radius 2 is 1.80 bits per heavy atom. The molecule has 0 aromatic rings. The molecule has 0 aromatic heterocycles. The minimum absolute atomic E-state index is 0.709. The smallest absolute Gasteiger partial charge is 0.0352 e. The molecule has 0 aliphatic carbocycles. The normalized spacial score (nSPS) is 14.6. The van der Waals surface area contributed by atoms with Gasteiger partial charge in [0.1, 0.15) is 0 Å². The van der Waals surface area contributed by atoms with E-state index in [4.69, 9.17) is 0 Å². The van der Waals surface area contributed by atoms with Gasteiger partial charge in [-0.15, -0.1) is 0 Å². The summed E-state index contributed by atoms with van der Waals surface area (Å²) in [6.07, 6.45) is 0. The molecule has 1 atom stereocenters. The molecular weight excluding hydrogens is 152 g/mol. The lowest BCUT2D eigenvalue weighted by Crippen LogP contribution is -2.40. The van der Waals surface area contributed by atoms with E-state index >= 15 is 0 Å². The van der Waals surface area contributed by atoms with Gasteiger partial charge in [0.15, 0.2) is 0 Å². The summed E-state index contributed by atoms with van der Waals surface area (Å²) in [6.45, 7) is 5.24. The molecule has 0 saturated carbocycles. The van der Waals surface area contributed by atoms with Crippen molar-refractivity contribution in [2.45, 2.75) is 13.8 Å². The number of nitrogens with zero attached hydrogens (tertiary/aromatic N) is 2. The van der Waals surface area contributed by atoms with E-state index in [1.54, 1.807) is 5.01 Å². The first-order chi connectivity index (χ1) is 4.63. The third-order valence-corrected chi connectivity index (χ3v) is 2.01. The van der Waals surface area contributed by atoms with Crippen molar-refractivity contribution in [2.75, 3.05) is 20.1 Å². The standard InChI is InChI=1S/C5H14N2O2S/c1-4-7(5-2)6(3)10(8)9/h4-5H2,1-3H3,(H,8,9)/p-1. The molecule has 10 heavy (non-hydrogen) atoms. The highest BCUT2D eigenvalue weighted by atomic mass is 32.2. The van der Waals surface area contributed by atoms with E-state index in [-0.39, 0.29) is 0 Å². The van der Waals surface area contributed by atoms with E-state index in [2.05, 4.69) is 0 Å². The maximum absolute atomic E-state index is 10.3. The zero-order chi connectivity index (χ0) is 8.15. The zero-order valence-corrected chi connectivity index (χ0v) is 7.35. The fourth-order valence-electron chi connectivity index (χ4n) is 0.716. The Balaban J connectivity index is 3.88. The van der Waals surface area contributed by atoms with Gasteiger partial charge in [-0.1, -0.05) is 13.8 Å². The summed E-state index contributed by atoms with van der Waals surface area (Å²) in [6, 6.07) is 0. The molecule has 0 aliphatic heterocycles. The zero-order valence-electron chi connectivity index (χ0n) is 6.53. The van der Waals surface area contributed by atoms with Crippen molar-refractivity contribution in [1.29, 1.82) is 0 Å². The van der Waals surface area contributed by atoms with E-state index in [1.165, 1.54) is 11.5 Å². The van der Waals surface area contributed by atoms with Gasteiger partial charge in [-0.3, -0.25) is 4.21 Å². The molecule has 0 spiro atoms. The van der Waals surface area contributed by atoms with Crippen molar-refractivity contribution in [3.63, 3.8) is 0 Å². The number of rotatable bonds is 4. The summed E-state index contributed by atoms with van der Waals surface area (Å²) in [5.74, 6) is 0. The first-order valence-corrected chi connectivity index (χ1v) is 4.24. The third kappa shape index (κ3) is 2.74. The van der Waals surface area contributed by atoms with Gasteiger partial charge in [0.2, 0.25) is 0 Å². The molecule has 5 heteroatoms. The molecule has 0 radical (unpaired) electrons. The molecule has 0 saturated heterocycles. The molecule has 0 aromatic carbocycles. The van der Waals surface area contributed by atoms with E-state index < -0.39 is 11.3 Å². The van der Waals surface area contributed by atoms with Crippen LogP contribution in [0.2, 0.25) is 0 Å². The van der Waals surface area contributed by atoms with Crippen LogP contribution in [0, 0.1) is 0 Å². The fraction of sp³-hybridized carbons (Fsp3) is 1.00. The maximum atomic E-state index is 10.3. The minimum atomic E-state index is -2.13. The van der Waals surface area contributed by atoms with Gasteiger partial charge in [0.05, 0.1) is 0 Å². The lowest BCUT2D eigenvalue weighted by molar-refractivity contribution is 0.0952. The van der Waals surface area contributed by atoms with Crippen molar-refractivity contribution in [2.24, 2.45) is 0 Å². The quantitative estimate of drug-likeness (QED) is 0.434. The van der Waals surface area contributed by atoms with Crippen LogP contribution in [-0.2, 0) is 11.3 Å². The maximum Gasteiger partial charge on any atom is 0.0352 e. The molecule has 0 bridgehead atoms. The van der Waals surface area contributed by atoms with Crippen LogP contribution in [0.1, 0.15) is 13.8 Å². The van der Waals surface area contributed by atoms with Gasteiger partial charge in [0.25, 0.3) is 0 Å². The first kappa shape index (κ1) is 10.0. The molecular formula is C5H13N2O2S-. The van der Waals surface area contributed by atoms with Crippen LogP contribution < -0.4 is 0 Å². The van der Waals surface area contributed by atoms with E-state index in [1.807, 2.05) is 13.8 Å². The Morgan fingerprint density at radius 3 is 1.90 bits per heavy atom. The summed E-state index contributed by atoms with van der Waals surface area (Å²) in [5.41, 5.74) is 0. The Bertz CT molecular complexity index is 116. The summed E-state index contributed by atoms with van der Waals surface area (Å²) in [7, 11) is 1.52. The van der Waals surface area contributed by atoms with E-state index in [0.717, 1.165) is 0 Å². The van der Waals surface area contributed by atoms with Crippen molar-refractivity contribution in [1.82, 2.24) is 9.42 Å². The van der Waals surface area contributed by atoms with Crippen molar-refractivity contribution in [3.8, 4) is 0 Å². The highest BCUT2D eigenvalue weighted by Crippen LogP contribution is 1.94. The van der Waals surface area contributed by atoms with Gasteiger partial charge in [-0.2, -0.15) is 4.41 Å². The topological polar surface area (TPSA) is 46.6 Å². The summed E-state index contributed by atoms with van der Waals surface area (Å²) < 4.78 is 21.9. The predicted octanol–water partition coefficient (Wildman–Crippen LogP) is -0.0309. The highest BCUT2D eigenvalue weighted by Gasteiger charge is 2.04. The fourth-order valence-corrected chi connectivity index (χ4v) is 1.14. The van der Waals surface area contributed by atoms with Gasteiger partial charge in [-0.25, -0.2) is 5.01 Å². The SMILES string of the molecule is CCN(CC)N(C)S(=O)[O-]. The Labute approximate surface area is 64.2 Å². The largest absolute Gasteiger partial charge is 0.759 e. The van der Waals surface area contributed by atoms with Crippen LogP contribution >= 0.6 is 0 Å². The lowest BCUT2D eigenvalue weighted by atomic mass is 10.6. The molecule has 4 nitrogen and oxygen atoms in total. The molecule has 0 amide bonds. The van der Waals surface area contributed by atoms with Crippen LogP contribution in [0.15, 0.2) is 0 Å². The van der Waals surface area contributed by atoms with Crippen LogP contribution in [0.4, 0.5) is 0 Å². The van der Waals surface area contributed by atoms with Crippen LogP contribution in [0.5, 0.6) is 0 Å². The van der Waals surface area contributed by atoms with Gasteiger partial charge in [0, 0.05) is 31.4 Å². The van der Waals surface area contributed by atoms with Crippen molar-refractivity contribution < 1.29 is 8.76 Å². The first-order valence-electron chi connectivity index (χ1n) is 3.21. The Kier molecular flexibility index (Phi) is 4.80. The van der Waals surface area contributed by atoms with Gasteiger partial charge < -0.3 is 4.55 Å². The Morgan fingerprint density at radius 1 is 1.40 bits per heavy atom. The van der Waals surface area contributed by atoms with Crippen LogP contribution in [0.25, 0.3) is 0 Å². The summed E-state index contributed by atoms with van der Waals surface area (Å²) in [5, 5.41) is 1.71. The molecule has 0 aliphatic rings. The van der Waals surface area contributed by atoms with Crippen molar-refractivity contribution in [3.05, 3.63) is 0 Å². The molecule has 0 rings (SSSR count). The second kappa shape index (κ2) is 4.79. The molecule has 1 unspecified atom stereocenters. The molecule has 0 heterocycles. The average molecular weight is 165 g/mol. The van der Waals surface area contributed by atoms with Crippen LogP contribution in [0.3, 0.4) is 0 Å².